The van der Waals surface area contributed by atoms with Gasteiger partial charge in [-0.1, -0.05) is 24.3 Å². The molecule has 0 radical (unpaired) electrons. The van der Waals surface area contributed by atoms with Crippen LogP contribution in [0, 0.1) is 0 Å². The second-order valence-corrected chi connectivity index (χ2v) is 13.2. The minimum Gasteiger partial charge on any atom is -0.507 e. The SMILES string of the molecule is COc1cccc2c1C(=O)c1c(O)c3c(c(O)c1C2=O)C[C@@](O)(C(=O)CO)C[C@]3(C)O[C@H]1C[C@H](NC(=O)OCc2ccc(N)cc2)[C@H](O)[C@H](C)O1. The molecule has 1 fully saturated rings. The highest BCUT2D eigenvalue weighted by Crippen LogP contribution is 2.55. The third-order valence-corrected chi connectivity index (χ3v) is 9.76. The van der Waals surface area contributed by atoms with Gasteiger partial charge in [-0.15, -0.1) is 0 Å². The van der Waals surface area contributed by atoms with Crippen molar-refractivity contribution in [2.45, 2.75) is 75.5 Å². The van der Waals surface area contributed by atoms with E-state index in [0.717, 1.165) is 0 Å². The number of ether oxygens (including phenoxy) is 4. The molecule has 0 saturated carbocycles. The number of carbonyl (C=O) groups is 4. The third-order valence-electron chi connectivity index (χ3n) is 9.76. The number of hydrogen-bond acceptors (Lipinski definition) is 14. The van der Waals surface area contributed by atoms with Crippen LogP contribution in [0.5, 0.6) is 17.2 Å². The Balaban J connectivity index is 1.36. The number of aliphatic hydroxyl groups is 3. The molecule has 0 aromatic heterocycles. The van der Waals surface area contributed by atoms with E-state index in [1.165, 1.54) is 39.2 Å². The molecule has 0 spiro atoms. The summed E-state index contributed by atoms with van der Waals surface area (Å²) in [7, 11) is 1.31. The van der Waals surface area contributed by atoms with E-state index in [0.29, 0.717) is 11.3 Å². The number of aromatic hydroxyl groups is 2. The lowest BCUT2D eigenvalue weighted by Gasteiger charge is -2.47. The second-order valence-electron chi connectivity index (χ2n) is 13.2. The van der Waals surface area contributed by atoms with Gasteiger partial charge in [0.15, 0.2) is 17.9 Å². The first-order chi connectivity index (χ1) is 24.1. The van der Waals surface area contributed by atoms with E-state index < -0.39 is 101 Å². The molecule has 0 unspecified atom stereocenters. The van der Waals surface area contributed by atoms with Crippen LogP contribution in [0.4, 0.5) is 10.5 Å². The normalized spacial score (nSPS) is 26.8. The van der Waals surface area contributed by atoms with Crippen LogP contribution in [-0.4, -0.2) is 92.8 Å². The van der Waals surface area contributed by atoms with E-state index in [1.54, 1.807) is 24.3 Å². The summed E-state index contributed by atoms with van der Waals surface area (Å²) in [6.07, 6.45) is -5.75. The predicted molar refractivity (Wildman–Crippen MR) is 176 cm³/mol. The Kier molecular flexibility index (Phi) is 9.29. The topological polar surface area (TPSA) is 244 Å². The van der Waals surface area contributed by atoms with Gasteiger partial charge in [-0.05, 0) is 37.6 Å². The highest BCUT2D eigenvalue weighted by molar-refractivity contribution is 6.31. The van der Waals surface area contributed by atoms with Gasteiger partial charge in [0.2, 0.25) is 5.78 Å². The van der Waals surface area contributed by atoms with E-state index in [4.69, 9.17) is 24.7 Å². The smallest absolute Gasteiger partial charge is 0.407 e. The maximum Gasteiger partial charge on any atom is 0.407 e. The van der Waals surface area contributed by atoms with Crippen LogP contribution in [0.2, 0.25) is 0 Å². The summed E-state index contributed by atoms with van der Waals surface area (Å²) in [5.41, 5.74) is 0.836. The van der Waals surface area contributed by atoms with Gasteiger partial charge >= 0.3 is 6.09 Å². The van der Waals surface area contributed by atoms with Gasteiger partial charge in [0.1, 0.15) is 47.8 Å². The number of nitrogens with one attached hydrogen (secondary N) is 1. The van der Waals surface area contributed by atoms with E-state index in [9.17, 15) is 44.7 Å². The zero-order chi connectivity index (χ0) is 37.0. The van der Waals surface area contributed by atoms with Crippen LogP contribution in [0.25, 0.3) is 0 Å². The lowest BCUT2D eigenvalue weighted by atomic mass is 9.67. The quantitative estimate of drug-likeness (QED) is 0.102. The van der Waals surface area contributed by atoms with Gasteiger partial charge in [-0.3, -0.25) is 14.4 Å². The van der Waals surface area contributed by atoms with Crippen molar-refractivity contribution in [2.24, 2.45) is 0 Å². The summed E-state index contributed by atoms with van der Waals surface area (Å²) in [5, 5.41) is 58.4. The monoisotopic (exact) mass is 706 g/mol. The maximum atomic E-state index is 14.0. The van der Waals surface area contributed by atoms with Crippen LogP contribution in [-0.2, 0) is 37.6 Å². The van der Waals surface area contributed by atoms with Crippen molar-refractivity contribution in [3.8, 4) is 17.2 Å². The molecule has 8 N–H and O–H groups in total. The molecule has 6 rings (SSSR count). The highest BCUT2D eigenvalue weighted by Gasteiger charge is 2.55. The van der Waals surface area contributed by atoms with Crippen LogP contribution in [0.1, 0.15) is 75.2 Å². The highest BCUT2D eigenvalue weighted by atomic mass is 16.7. The van der Waals surface area contributed by atoms with Crippen molar-refractivity contribution in [3.63, 3.8) is 0 Å². The maximum absolute atomic E-state index is 14.0. The van der Waals surface area contributed by atoms with Crippen molar-refractivity contribution >= 4 is 29.1 Å². The first kappa shape index (κ1) is 35.8. The first-order valence-corrected chi connectivity index (χ1v) is 16.2. The molecule has 0 bridgehead atoms. The van der Waals surface area contributed by atoms with Gasteiger partial charge in [0.05, 0.1) is 35.9 Å². The molecular weight excluding hydrogens is 668 g/mol. The summed E-state index contributed by atoms with van der Waals surface area (Å²) in [4.78, 5) is 53.5. The van der Waals surface area contributed by atoms with E-state index >= 15 is 0 Å². The summed E-state index contributed by atoms with van der Waals surface area (Å²) in [6, 6.07) is 10.00. The number of nitrogen functional groups attached to an aromatic ring is 1. The Morgan fingerprint density at radius 3 is 2.39 bits per heavy atom. The number of Topliss-reactive ketones (excluding diaryl/α,β-unsaturated/α-hetero) is 1. The average Bonchev–Trinajstić information content (AvgIpc) is 3.09. The van der Waals surface area contributed by atoms with Crippen molar-refractivity contribution < 1.29 is 63.7 Å². The summed E-state index contributed by atoms with van der Waals surface area (Å²) < 4.78 is 22.9. The number of hydrogen-bond donors (Lipinski definition) is 7. The predicted octanol–water partition coefficient (Wildman–Crippen LogP) is 1.73. The number of anilines is 1. The fourth-order valence-electron chi connectivity index (χ4n) is 7.30. The second kappa shape index (κ2) is 13.2. The minimum atomic E-state index is -2.37. The molecular formula is C36H38N2O13. The summed E-state index contributed by atoms with van der Waals surface area (Å²) >= 11 is 0. The third kappa shape index (κ3) is 6.16. The summed E-state index contributed by atoms with van der Waals surface area (Å²) in [5.74, 6) is -4.11. The molecule has 51 heavy (non-hydrogen) atoms. The number of amides is 1. The largest absolute Gasteiger partial charge is 0.507 e. The lowest BCUT2D eigenvalue weighted by molar-refractivity contribution is -0.275. The average molecular weight is 707 g/mol. The Morgan fingerprint density at radius 2 is 1.73 bits per heavy atom. The molecule has 1 amide bonds. The molecule has 1 saturated heterocycles. The zero-order valence-electron chi connectivity index (χ0n) is 28.0. The Hall–Kier alpha value is -5.06. The van der Waals surface area contributed by atoms with E-state index in [1.807, 2.05) is 0 Å². The number of nitrogens with two attached hydrogens (primary N) is 1. The first-order valence-electron chi connectivity index (χ1n) is 16.2. The zero-order valence-corrected chi connectivity index (χ0v) is 28.0. The van der Waals surface area contributed by atoms with Crippen LogP contribution >= 0.6 is 0 Å². The number of ketones is 3. The van der Waals surface area contributed by atoms with Crippen LogP contribution < -0.4 is 15.8 Å². The number of aliphatic hydroxyl groups excluding tert-OH is 2. The van der Waals surface area contributed by atoms with Crippen LogP contribution in [0.15, 0.2) is 42.5 Å². The number of phenols is 2. The van der Waals surface area contributed by atoms with Crippen molar-refractivity contribution in [1.29, 1.82) is 0 Å². The fraction of sp³-hybridized carbons (Fsp3) is 0.389. The molecule has 2 aliphatic carbocycles. The number of methoxy groups -OCH3 is 1. The van der Waals surface area contributed by atoms with Crippen molar-refractivity contribution in [3.05, 3.63) is 81.4 Å². The van der Waals surface area contributed by atoms with Crippen LogP contribution in [0.3, 0.4) is 0 Å². The van der Waals surface area contributed by atoms with Gasteiger partial charge in [0, 0.05) is 41.6 Å². The van der Waals surface area contributed by atoms with Gasteiger partial charge in [-0.2, -0.15) is 0 Å². The van der Waals surface area contributed by atoms with Gasteiger partial charge in [0.25, 0.3) is 0 Å². The van der Waals surface area contributed by atoms with E-state index in [2.05, 4.69) is 5.32 Å². The lowest BCUT2D eigenvalue weighted by Crippen LogP contribution is -2.58. The number of fused-ring (bicyclic) bond motifs is 3. The number of phenolic OH excluding ortho intramolecular Hbond substituents is 2. The number of carbonyl (C=O) groups excluding carboxylic acids is 4. The summed E-state index contributed by atoms with van der Waals surface area (Å²) in [6.45, 7) is 1.72. The minimum absolute atomic E-state index is 0.0590. The van der Waals surface area contributed by atoms with Gasteiger partial charge < -0.3 is 55.5 Å². The molecule has 1 aliphatic heterocycles. The number of benzene rings is 3. The molecule has 15 nitrogen and oxygen atoms in total. The van der Waals surface area contributed by atoms with Crippen molar-refractivity contribution in [1.82, 2.24) is 5.32 Å². The molecule has 3 aromatic rings. The number of alkyl carbamates (subject to hydrolysis) is 1. The standard InChI is InChI=1S/C36H38N2O13/c1-16-29(41)21(38-34(46)49-14-17-7-9-18(37)10-8-17)11-24(50-16)51-35(2)15-36(47,23(40)13-39)12-20-28(35)33(45)27-26(31(20)43)30(42)19-5-4-6-22(48-3)25(19)32(27)44/h4-10,16,21,24,29,39,41,43,45,47H,11-15,37H2,1-3H3,(H,38,46)/t16-,21-,24-,29+,35-,36-/m0/s1. The Labute approximate surface area is 291 Å². The molecule has 270 valence electrons. The molecule has 6 atom stereocenters. The fourth-order valence-corrected chi connectivity index (χ4v) is 7.30. The van der Waals surface area contributed by atoms with Crippen molar-refractivity contribution in [2.75, 3.05) is 19.5 Å². The van der Waals surface area contributed by atoms with Gasteiger partial charge in [-0.25, -0.2) is 4.79 Å². The molecule has 15 heteroatoms. The Morgan fingerprint density at radius 1 is 1.04 bits per heavy atom. The number of rotatable bonds is 8. The molecule has 1 heterocycles. The van der Waals surface area contributed by atoms with E-state index in [-0.39, 0.29) is 41.0 Å². The molecule has 3 aromatic carbocycles. The Bertz CT molecular complexity index is 1930. The molecule has 3 aliphatic rings.